The van der Waals surface area contributed by atoms with Gasteiger partial charge in [0, 0.05) is 20.2 Å². The zero-order valence-electron chi connectivity index (χ0n) is 17.4. The van der Waals surface area contributed by atoms with Crippen LogP contribution in [0.5, 0.6) is 0 Å². The molecule has 2 heterocycles. The van der Waals surface area contributed by atoms with Crippen LogP contribution in [0.25, 0.3) is 21.7 Å². The molecule has 32 heavy (non-hydrogen) atoms. The summed E-state index contributed by atoms with van der Waals surface area (Å²) < 4.78 is 0. The van der Waals surface area contributed by atoms with E-state index in [0.717, 1.165) is 31.6 Å². The van der Waals surface area contributed by atoms with Gasteiger partial charge in [0.05, 0.1) is 4.88 Å². The van der Waals surface area contributed by atoms with E-state index in [1.54, 1.807) is 34.9 Å². The van der Waals surface area contributed by atoms with Crippen LogP contribution in [0, 0.1) is 6.92 Å². The summed E-state index contributed by atoms with van der Waals surface area (Å²) in [6, 6.07) is 33.8. The van der Waals surface area contributed by atoms with Gasteiger partial charge in [-0.2, -0.15) is 0 Å². The molecule has 0 unspecified atom stereocenters. The summed E-state index contributed by atoms with van der Waals surface area (Å²) in [5.74, 6) is 0. The van der Waals surface area contributed by atoms with Crippen molar-refractivity contribution in [2.75, 3.05) is 0 Å². The van der Waals surface area contributed by atoms with Gasteiger partial charge in [0.15, 0.2) is 0 Å². The van der Waals surface area contributed by atoms with Crippen LogP contribution >= 0.6 is 34.9 Å². The predicted octanol–water partition coefficient (Wildman–Crippen LogP) is 8.48. The van der Waals surface area contributed by atoms with Crippen LogP contribution in [0.3, 0.4) is 0 Å². The summed E-state index contributed by atoms with van der Waals surface area (Å²) in [4.78, 5) is 4.75. The molecule has 2 aromatic heterocycles. The highest BCUT2D eigenvalue weighted by atomic mass is 32.2. The molecule has 0 bridgehead atoms. The number of thiophene rings is 1. The first-order valence-corrected chi connectivity index (χ1v) is 12.8. The summed E-state index contributed by atoms with van der Waals surface area (Å²) in [5.41, 5.74) is 4.43. The normalized spacial score (nSPS) is 10.9. The Morgan fingerprint density at radius 3 is 1.91 bits per heavy atom. The van der Waals surface area contributed by atoms with E-state index in [1.807, 2.05) is 24.3 Å². The molecule has 5 rings (SSSR count). The molecule has 0 amide bonds. The summed E-state index contributed by atoms with van der Waals surface area (Å²) in [7, 11) is 0. The van der Waals surface area contributed by atoms with E-state index < -0.39 is 0 Å². The van der Waals surface area contributed by atoms with Crippen molar-refractivity contribution >= 4 is 34.9 Å². The van der Waals surface area contributed by atoms with Gasteiger partial charge in [-0.1, -0.05) is 72.1 Å². The molecule has 0 atom stereocenters. The van der Waals surface area contributed by atoms with Crippen LogP contribution in [0.15, 0.2) is 122 Å². The Bertz CT molecular complexity index is 1310. The zero-order chi connectivity index (χ0) is 21.8. The molecule has 2 nitrogen and oxygen atoms in total. The van der Waals surface area contributed by atoms with Crippen LogP contribution in [0.4, 0.5) is 0 Å². The van der Waals surface area contributed by atoms with E-state index in [1.165, 1.54) is 15.4 Å². The standard InChI is InChI=1S/C27H20N2S3/c1-19-16-25(30-18-19)27-24(17-26(28-29-27)32-22-10-6-3-7-11-22)20-12-14-23(15-13-20)31-21-8-4-2-5-9-21/h2-18H,1H3. The van der Waals surface area contributed by atoms with E-state index in [9.17, 15) is 0 Å². The van der Waals surface area contributed by atoms with E-state index in [2.05, 4.69) is 95.3 Å². The van der Waals surface area contributed by atoms with Gasteiger partial charge in [-0.3, -0.25) is 0 Å². The van der Waals surface area contributed by atoms with Gasteiger partial charge in [-0.15, -0.1) is 21.5 Å². The van der Waals surface area contributed by atoms with Crippen LogP contribution in [0.1, 0.15) is 5.56 Å². The summed E-state index contributed by atoms with van der Waals surface area (Å²) in [5, 5.41) is 12.2. The van der Waals surface area contributed by atoms with Gasteiger partial charge >= 0.3 is 0 Å². The minimum absolute atomic E-state index is 0.894. The lowest BCUT2D eigenvalue weighted by molar-refractivity contribution is 0.939. The van der Waals surface area contributed by atoms with Gasteiger partial charge in [-0.25, -0.2) is 0 Å². The van der Waals surface area contributed by atoms with Gasteiger partial charge in [-0.05, 0) is 72.0 Å². The number of nitrogens with zero attached hydrogens (tertiary/aromatic N) is 2. The van der Waals surface area contributed by atoms with Gasteiger partial charge < -0.3 is 0 Å². The topological polar surface area (TPSA) is 25.8 Å². The Balaban J connectivity index is 1.50. The fourth-order valence-electron chi connectivity index (χ4n) is 3.32. The lowest BCUT2D eigenvalue weighted by Gasteiger charge is -2.10. The molecular weight excluding hydrogens is 449 g/mol. The smallest absolute Gasteiger partial charge is 0.124 e. The molecule has 0 fully saturated rings. The van der Waals surface area contributed by atoms with E-state index >= 15 is 0 Å². The Labute approximate surface area is 200 Å². The predicted molar refractivity (Wildman–Crippen MR) is 137 cm³/mol. The third kappa shape index (κ3) is 4.96. The highest BCUT2D eigenvalue weighted by molar-refractivity contribution is 7.99. The van der Waals surface area contributed by atoms with E-state index in [0.29, 0.717) is 0 Å². The van der Waals surface area contributed by atoms with Crippen molar-refractivity contribution in [3.63, 3.8) is 0 Å². The number of aromatic nitrogens is 2. The highest BCUT2D eigenvalue weighted by Gasteiger charge is 2.14. The number of rotatable bonds is 6. The molecule has 0 N–H and O–H groups in total. The third-order valence-corrected chi connectivity index (χ3v) is 7.83. The largest absolute Gasteiger partial charge is 0.148 e. The van der Waals surface area contributed by atoms with Crippen molar-refractivity contribution in [1.82, 2.24) is 10.2 Å². The number of aryl methyl sites for hydroxylation is 1. The highest BCUT2D eigenvalue weighted by Crippen LogP contribution is 2.38. The quantitative estimate of drug-likeness (QED) is 0.249. The van der Waals surface area contributed by atoms with Crippen LogP contribution in [0.2, 0.25) is 0 Å². The molecule has 0 spiro atoms. The van der Waals surface area contributed by atoms with Crippen molar-refractivity contribution in [3.05, 3.63) is 108 Å². The molecule has 0 aliphatic carbocycles. The van der Waals surface area contributed by atoms with Crippen molar-refractivity contribution < 1.29 is 0 Å². The van der Waals surface area contributed by atoms with Gasteiger partial charge in [0.25, 0.3) is 0 Å². The van der Waals surface area contributed by atoms with Gasteiger partial charge in [0.1, 0.15) is 10.7 Å². The molecule has 0 saturated carbocycles. The number of hydrogen-bond donors (Lipinski definition) is 0. The maximum atomic E-state index is 4.66. The SMILES string of the molecule is Cc1csc(-c2nnc(Sc3ccccc3)cc2-c2ccc(Sc3ccccc3)cc2)c1. The average molecular weight is 469 g/mol. The summed E-state index contributed by atoms with van der Waals surface area (Å²) in [6.07, 6.45) is 0. The van der Waals surface area contributed by atoms with Crippen LogP contribution in [-0.4, -0.2) is 10.2 Å². The lowest BCUT2D eigenvalue weighted by atomic mass is 10.0. The zero-order valence-corrected chi connectivity index (χ0v) is 19.9. The molecule has 0 radical (unpaired) electrons. The molecule has 0 aliphatic rings. The second kappa shape index (κ2) is 9.74. The Morgan fingerprint density at radius 1 is 0.656 bits per heavy atom. The van der Waals surface area contributed by atoms with Crippen LogP contribution in [-0.2, 0) is 0 Å². The van der Waals surface area contributed by atoms with Gasteiger partial charge in [0.2, 0.25) is 0 Å². The Kier molecular flexibility index (Phi) is 6.39. The summed E-state index contributed by atoms with van der Waals surface area (Å²) in [6.45, 7) is 2.11. The van der Waals surface area contributed by atoms with Crippen LogP contribution < -0.4 is 0 Å². The second-order valence-electron chi connectivity index (χ2n) is 7.29. The molecule has 5 heteroatoms. The number of benzene rings is 3. The Hall–Kier alpha value is -2.86. The first-order chi connectivity index (χ1) is 15.7. The van der Waals surface area contributed by atoms with Crippen molar-refractivity contribution in [3.8, 4) is 21.7 Å². The monoisotopic (exact) mass is 468 g/mol. The fourth-order valence-corrected chi connectivity index (χ4v) is 5.85. The second-order valence-corrected chi connectivity index (χ2v) is 10.4. The molecule has 3 aromatic carbocycles. The van der Waals surface area contributed by atoms with E-state index in [-0.39, 0.29) is 0 Å². The van der Waals surface area contributed by atoms with E-state index in [4.69, 9.17) is 0 Å². The number of hydrogen-bond acceptors (Lipinski definition) is 5. The average Bonchev–Trinajstić information content (AvgIpc) is 3.27. The van der Waals surface area contributed by atoms with Crippen molar-refractivity contribution in [2.45, 2.75) is 26.6 Å². The first-order valence-electron chi connectivity index (χ1n) is 10.2. The fraction of sp³-hybridized carbons (Fsp3) is 0.0370. The van der Waals surface area contributed by atoms with Crippen molar-refractivity contribution in [1.29, 1.82) is 0 Å². The lowest BCUT2D eigenvalue weighted by Crippen LogP contribution is -1.93. The Morgan fingerprint density at radius 2 is 1.28 bits per heavy atom. The van der Waals surface area contributed by atoms with Crippen molar-refractivity contribution in [2.24, 2.45) is 0 Å². The minimum Gasteiger partial charge on any atom is -0.148 e. The minimum atomic E-state index is 0.894. The molecule has 0 aliphatic heterocycles. The maximum Gasteiger partial charge on any atom is 0.124 e. The maximum absolute atomic E-state index is 4.66. The first kappa shape index (κ1) is 21.0. The molecule has 156 valence electrons. The molecular formula is C27H20N2S3. The molecule has 5 aromatic rings. The molecule has 0 saturated heterocycles. The summed E-state index contributed by atoms with van der Waals surface area (Å²) >= 11 is 5.12. The third-order valence-electron chi connectivity index (χ3n) is 4.85.